The van der Waals surface area contributed by atoms with Crippen LogP contribution >= 0.6 is 0 Å². The van der Waals surface area contributed by atoms with E-state index in [-0.39, 0.29) is 11.2 Å². The summed E-state index contributed by atoms with van der Waals surface area (Å²) in [5.41, 5.74) is 5.32. The molecule has 7 nitrogen and oxygen atoms in total. The van der Waals surface area contributed by atoms with Gasteiger partial charge in [0.1, 0.15) is 6.33 Å². The Labute approximate surface area is 188 Å². The van der Waals surface area contributed by atoms with E-state index in [1.165, 1.54) is 17.3 Å². The van der Waals surface area contributed by atoms with Crippen LogP contribution in [0.15, 0.2) is 36.8 Å². The van der Waals surface area contributed by atoms with Gasteiger partial charge < -0.3 is 19.0 Å². The molecule has 5 rings (SSSR count). The first-order chi connectivity index (χ1) is 15.1. The number of hydrogen-bond acceptors (Lipinski definition) is 5. The summed E-state index contributed by atoms with van der Waals surface area (Å²) in [5, 5.41) is 5.48. The smallest absolute Gasteiger partial charge is 0.493 e. The second-order valence-electron chi connectivity index (χ2n) is 9.79. The molecule has 3 aromatic heterocycles. The number of nitrogens with zero attached hydrogens (tertiary/aromatic N) is 3. The molecular weight excluding hydrogens is 403 g/mol. The van der Waals surface area contributed by atoms with Crippen molar-refractivity contribution in [1.82, 2.24) is 19.6 Å². The van der Waals surface area contributed by atoms with Crippen LogP contribution in [0.3, 0.4) is 0 Å². The number of rotatable bonds is 4. The van der Waals surface area contributed by atoms with Gasteiger partial charge in [-0.25, -0.2) is 9.50 Å². The van der Waals surface area contributed by atoms with Gasteiger partial charge in [0.15, 0.2) is 11.4 Å². The molecule has 0 aliphatic carbocycles. The SMILES string of the molecule is COc1cc(-c2[nH]c3ccc(B4OC(C)(C)C(C)(C)O4)cc3c2C(C)C)cn2ncnc12. The molecule has 166 valence electrons. The minimum absolute atomic E-state index is 0.296. The van der Waals surface area contributed by atoms with Crippen molar-refractivity contribution in [2.24, 2.45) is 0 Å². The van der Waals surface area contributed by atoms with Crippen LogP contribution in [-0.2, 0) is 9.31 Å². The summed E-state index contributed by atoms with van der Waals surface area (Å²) >= 11 is 0. The first-order valence-corrected chi connectivity index (χ1v) is 11.0. The van der Waals surface area contributed by atoms with Gasteiger partial charge in [0.2, 0.25) is 0 Å². The molecule has 0 spiro atoms. The monoisotopic (exact) mass is 432 g/mol. The molecule has 32 heavy (non-hydrogen) atoms. The molecule has 1 aliphatic rings. The summed E-state index contributed by atoms with van der Waals surface area (Å²) < 4.78 is 19.9. The van der Waals surface area contributed by atoms with Crippen LogP contribution in [0.5, 0.6) is 5.75 Å². The largest absolute Gasteiger partial charge is 0.494 e. The number of aromatic amines is 1. The molecule has 0 atom stereocenters. The molecule has 8 heteroatoms. The Hall–Kier alpha value is -2.84. The molecular formula is C24H29BN4O3. The third-order valence-electron chi connectivity index (χ3n) is 6.82. The Balaban J connectivity index is 1.65. The lowest BCUT2D eigenvalue weighted by Crippen LogP contribution is -2.41. The van der Waals surface area contributed by atoms with Gasteiger partial charge >= 0.3 is 7.12 Å². The number of H-pyrrole nitrogens is 1. The number of nitrogens with one attached hydrogen (secondary N) is 1. The average Bonchev–Trinajstić information content (AvgIpc) is 3.40. The van der Waals surface area contributed by atoms with Crippen LogP contribution in [0, 0.1) is 0 Å². The number of pyridine rings is 1. The zero-order chi connectivity index (χ0) is 22.8. The summed E-state index contributed by atoms with van der Waals surface area (Å²) in [6.07, 6.45) is 3.52. The summed E-state index contributed by atoms with van der Waals surface area (Å²) in [6, 6.07) is 8.39. The molecule has 0 unspecified atom stereocenters. The van der Waals surface area contributed by atoms with Crippen LogP contribution in [-0.4, -0.2) is 45.0 Å². The van der Waals surface area contributed by atoms with Crippen molar-refractivity contribution in [2.45, 2.75) is 58.7 Å². The van der Waals surface area contributed by atoms with Gasteiger partial charge in [0, 0.05) is 22.7 Å². The predicted molar refractivity (Wildman–Crippen MR) is 127 cm³/mol. The third kappa shape index (κ3) is 3.12. The quantitative estimate of drug-likeness (QED) is 0.487. The first-order valence-electron chi connectivity index (χ1n) is 11.0. The average molecular weight is 432 g/mol. The number of benzene rings is 1. The molecule has 0 saturated carbocycles. The van der Waals surface area contributed by atoms with Crippen LogP contribution in [0.1, 0.15) is 53.0 Å². The summed E-state index contributed by atoms with van der Waals surface area (Å²) in [5.74, 6) is 0.982. The van der Waals surface area contributed by atoms with Gasteiger partial charge in [-0.3, -0.25) is 0 Å². The fourth-order valence-electron chi connectivity index (χ4n) is 4.37. The van der Waals surface area contributed by atoms with Gasteiger partial charge in [-0.2, -0.15) is 5.10 Å². The van der Waals surface area contributed by atoms with Gasteiger partial charge in [-0.15, -0.1) is 0 Å². The van der Waals surface area contributed by atoms with Crippen molar-refractivity contribution in [1.29, 1.82) is 0 Å². The molecule has 4 aromatic rings. The topological polar surface area (TPSA) is 73.7 Å². The summed E-state index contributed by atoms with van der Waals surface area (Å²) in [7, 11) is 1.26. The third-order valence-corrected chi connectivity index (χ3v) is 6.82. The van der Waals surface area contributed by atoms with E-state index in [0.717, 1.165) is 22.2 Å². The van der Waals surface area contributed by atoms with Crippen molar-refractivity contribution < 1.29 is 14.0 Å². The van der Waals surface area contributed by atoms with E-state index in [9.17, 15) is 0 Å². The van der Waals surface area contributed by atoms with Gasteiger partial charge in [0.25, 0.3) is 0 Å². The van der Waals surface area contributed by atoms with Crippen LogP contribution in [0.4, 0.5) is 0 Å². The summed E-state index contributed by atoms with van der Waals surface area (Å²) in [6.45, 7) is 12.7. The van der Waals surface area contributed by atoms with Crippen LogP contribution in [0.25, 0.3) is 27.8 Å². The van der Waals surface area contributed by atoms with Gasteiger partial charge in [-0.05, 0) is 56.8 Å². The maximum absolute atomic E-state index is 6.29. The van der Waals surface area contributed by atoms with Gasteiger partial charge in [0.05, 0.1) is 24.0 Å². The number of aromatic nitrogens is 4. The highest BCUT2D eigenvalue weighted by atomic mass is 16.7. The second kappa shape index (κ2) is 7.08. The predicted octanol–water partition coefficient (Wildman–Crippen LogP) is 4.31. The highest BCUT2D eigenvalue weighted by molar-refractivity contribution is 6.62. The summed E-state index contributed by atoms with van der Waals surface area (Å²) in [4.78, 5) is 7.91. The van der Waals surface area contributed by atoms with Crippen molar-refractivity contribution in [3.63, 3.8) is 0 Å². The van der Waals surface area contributed by atoms with E-state index in [1.54, 1.807) is 11.6 Å². The standard InChI is InChI=1S/C24H29BN4O3/c1-14(2)20-17-11-16(25-31-23(3,4)24(5,6)32-25)8-9-18(17)28-21(20)15-10-19(30-7)22-26-13-27-29(22)12-15/h8-14,28H,1-7H3. The molecule has 4 heterocycles. The minimum Gasteiger partial charge on any atom is -0.493 e. The fraction of sp³-hybridized carbons (Fsp3) is 0.417. The maximum atomic E-state index is 6.29. The van der Waals surface area contributed by atoms with E-state index >= 15 is 0 Å². The van der Waals surface area contributed by atoms with E-state index in [0.29, 0.717) is 17.3 Å². The Morgan fingerprint density at radius 3 is 2.47 bits per heavy atom. The van der Waals surface area contributed by atoms with Gasteiger partial charge in [-0.1, -0.05) is 26.0 Å². The lowest BCUT2D eigenvalue weighted by atomic mass is 9.78. The normalized spacial score (nSPS) is 17.7. The number of methoxy groups -OCH3 is 1. The van der Waals surface area contributed by atoms with Crippen LogP contribution in [0.2, 0.25) is 0 Å². The van der Waals surface area contributed by atoms with E-state index in [2.05, 4.69) is 74.8 Å². The second-order valence-corrected chi connectivity index (χ2v) is 9.79. The Morgan fingerprint density at radius 2 is 1.81 bits per heavy atom. The molecule has 1 aliphatic heterocycles. The Kier molecular flexibility index (Phi) is 4.66. The van der Waals surface area contributed by atoms with Crippen molar-refractivity contribution in [2.75, 3.05) is 7.11 Å². The maximum Gasteiger partial charge on any atom is 0.494 e. The zero-order valence-electron chi connectivity index (χ0n) is 19.7. The molecule has 1 N–H and O–H groups in total. The lowest BCUT2D eigenvalue weighted by molar-refractivity contribution is 0.00578. The Morgan fingerprint density at radius 1 is 1.09 bits per heavy atom. The van der Waals surface area contributed by atoms with Crippen molar-refractivity contribution in [3.05, 3.63) is 42.4 Å². The zero-order valence-corrected chi connectivity index (χ0v) is 19.7. The minimum atomic E-state index is -0.394. The molecule has 0 amide bonds. The number of hydrogen-bond donors (Lipinski definition) is 1. The van der Waals surface area contributed by atoms with E-state index in [1.807, 2.05) is 12.3 Å². The molecule has 1 fully saturated rings. The first kappa shape index (κ1) is 21.0. The van der Waals surface area contributed by atoms with Crippen LogP contribution < -0.4 is 10.2 Å². The fourth-order valence-corrected chi connectivity index (χ4v) is 4.37. The number of ether oxygens (including phenoxy) is 1. The number of fused-ring (bicyclic) bond motifs is 2. The van der Waals surface area contributed by atoms with E-state index < -0.39 is 7.12 Å². The molecule has 1 aromatic carbocycles. The highest BCUT2D eigenvalue weighted by Gasteiger charge is 2.51. The van der Waals surface area contributed by atoms with Crippen molar-refractivity contribution >= 4 is 29.1 Å². The molecule has 0 bridgehead atoms. The lowest BCUT2D eigenvalue weighted by Gasteiger charge is -2.32. The van der Waals surface area contributed by atoms with Crippen molar-refractivity contribution in [3.8, 4) is 17.0 Å². The highest BCUT2D eigenvalue weighted by Crippen LogP contribution is 2.39. The van der Waals surface area contributed by atoms with E-state index in [4.69, 9.17) is 14.0 Å². The molecule has 0 radical (unpaired) electrons. The Bertz CT molecular complexity index is 1310. The molecule has 1 saturated heterocycles.